The third-order valence-electron chi connectivity index (χ3n) is 29.8. The van der Waals surface area contributed by atoms with Gasteiger partial charge in [0.05, 0.1) is 28.7 Å². The van der Waals surface area contributed by atoms with Gasteiger partial charge in [-0.2, -0.15) is 16.8 Å². The summed E-state index contributed by atoms with van der Waals surface area (Å²) in [6.45, 7) is 58.8. The van der Waals surface area contributed by atoms with E-state index in [1.807, 2.05) is 143 Å². The Kier molecular flexibility index (Phi) is 43.9. The average molecular weight is 2050 g/mol. The summed E-state index contributed by atoms with van der Waals surface area (Å²) in [5, 5.41) is 0. The number of ether oxygens (including phenoxy) is 2. The maximum Gasteiger partial charge on any atom is 0.311 e. The van der Waals surface area contributed by atoms with Crippen molar-refractivity contribution in [3.8, 4) is 0 Å². The van der Waals surface area contributed by atoms with E-state index in [-0.39, 0.29) is 230 Å². The quantitative estimate of drug-likeness (QED) is 0.0353. The van der Waals surface area contributed by atoms with Gasteiger partial charge in [0.25, 0.3) is 20.2 Å². The summed E-state index contributed by atoms with van der Waals surface area (Å²) in [6.07, 6.45) is 16.8. The molecule has 7 unspecified atom stereocenters. The highest BCUT2D eigenvalue weighted by Gasteiger charge is 2.49. The molecule has 2 aromatic carbocycles. The number of fused-ring (bicyclic) bond motifs is 2. The first-order valence-electron chi connectivity index (χ1n) is 53.0. The normalized spacial score (nSPS) is 17.8. The van der Waals surface area contributed by atoms with Crippen molar-refractivity contribution < 1.29 is 97.7 Å². The fraction of sp³-hybridized carbons (Fsp3) is 0.658. The van der Waals surface area contributed by atoms with Crippen LogP contribution in [0.3, 0.4) is 0 Å². The van der Waals surface area contributed by atoms with Crippen molar-refractivity contribution in [1.82, 2.24) is 4.90 Å². The summed E-state index contributed by atoms with van der Waals surface area (Å²) in [7, 11) is -7.92. The number of methoxy groups -OCH3 is 1. The van der Waals surface area contributed by atoms with E-state index in [2.05, 4.69) is 76.8 Å². The number of hydrogen-bond acceptors (Lipinski definition) is 21. The summed E-state index contributed by atoms with van der Waals surface area (Å²) in [5.74, 6) is -8.16. The molecule has 0 spiro atoms. The van der Waals surface area contributed by atoms with E-state index in [1.54, 1.807) is 89.2 Å². The molecule has 3 aliphatic heterocycles. The van der Waals surface area contributed by atoms with E-state index in [4.69, 9.17) is 9.47 Å². The monoisotopic (exact) mass is 2050 g/mol. The van der Waals surface area contributed by atoms with Crippen molar-refractivity contribution in [2.45, 2.75) is 378 Å². The van der Waals surface area contributed by atoms with Crippen molar-refractivity contribution in [3.05, 3.63) is 148 Å². The van der Waals surface area contributed by atoms with Gasteiger partial charge in [-0.1, -0.05) is 234 Å². The number of anilines is 1. The molecule has 2 N–H and O–H groups in total. The zero-order chi connectivity index (χ0) is 110. The molecule has 7 atom stereocenters. The summed E-state index contributed by atoms with van der Waals surface area (Å²) in [6, 6.07) is 14.6. The molecule has 0 saturated carbocycles. The largest absolute Gasteiger partial charge is 0.469 e. The minimum atomic E-state index is -4.76. The Balaban J connectivity index is 1.15. The molecule has 1 aliphatic carbocycles. The van der Waals surface area contributed by atoms with Crippen LogP contribution in [0.5, 0.6) is 0 Å². The van der Waals surface area contributed by atoms with Gasteiger partial charge in [0.1, 0.15) is 80.9 Å². The number of allylic oxidation sites excluding steroid dienone is 13. The zero-order valence-electron chi connectivity index (χ0n) is 93.9. The van der Waals surface area contributed by atoms with Crippen LogP contribution in [0.2, 0.25) is 0 Å². The highest BCUT2D eigenvalue weighted by Crippen LogP contribution is 2.54. The Labute approximate surface area is 869 Å². The van der Waals surface area contributed by atoms with E-state index >= 15 is 0 Å². The fourth-order valence-electron chi connectivity index (χ4n) is 21.3. The van der Waals surface area contributed by atoms with Crippen LogP contribution < -0.4 is 4.90 Å². The molecule has 6 rings (SSSR count). The Morgan fingerprint density at radius 1 is 0.476 bits per heavy atom. The van der Waals surface area contributed by atoms with Crippen molar-refractivity contribution in [3.63, 3.8) is 0 Å². The van der Waals surface area contributed by atoms with Gasteiger partial charge in [-0.15, -0.1) is 0 Å². The molecule has 23 nitrogen and oxygen atoms in total. The van der Waals surface area contributed by atoms with Crippen LogP contribution >= 0.6 is 0 Å². The van der Waals surface area contributed by atoms with Crippen LogP contribution in [-0.2, 0) is 97.5 Å². The molecule has 0 bridgehead atoms. The second-order valence-electron chi connectivity index (χ2n) is 50.6. The van der Waals surface area contributed by atoms with Crippen LogP contribution in [0.4, 0.5) is 5.69 Å². The van der Waals surface area contributed by atoms with Gasteiger partial charge in [0.2, 0.25) is 0 Å². The molecule has 0 fully saturated rings. The van der Waals surface area contributed by atoms with Crippen molar-refractivity contribution in [2.75, 3.05) is 30.9 Å². The lowest BCUT2D eigenvalue weighted by molar-refractivity contribution is -0.153. The molecule has 806 valence electrons. The van der Waals surface area contributed by atoms with Crippen LogP contribution in [0.15, 0.2) is 142 Å². The zero-order valence-corrected chi connectivity index (χ0v) is 95.5. The first-order valence-corrected chi connectivity index (χ1v) is 56.1. The van der Waals surface area contributed by atoms with Gasteiger partial charge in [-0.3, -0.25) is 71.4 Å². The lowest BCUT2D eigenvalue weighted by Gasteiger charge is -2.46. The third kappa shape index (κ3) is 35.6. The van der Waals surface area contributed by atoms with Crippen LogP contribution in [0.25, 0.3) is 5.57 Å². The first kappa shape index (κ1) is 125. The number of benzene rings is 2. The predicted octanol–water partition coefficient (Wildman–Crippen LogP) is 25.3. The fourth-order valence-corrected chi connectivity index (χ4v) is 22.3. The molecular weight excluding hydrogens is 1870 g/mol. The second kappa shape index (κ2) is 51.1. The number of nitrogens with zero attached hydrogens (tertiary/aromatic N) is 2. The first-order chi connectivity index (χ1) is 66.5. The molecule has 25 heteroatoms. The molecule has 0 radical (unpaired) electrons. The molecule has 2 aromatic rings. The van der Waals surface area contributed by atoms with Gasteiger partial charge in [0.15, 0.2) is 0 Å². The number of esters is 1. The average Bonchev–Trinajstić information content (AvgIpc) is 1.47. The van der Waals surface area contributed by atoms with Crippen molar-refractivity contribution in [1.29, 1.82) is 0 Å². The third-order valence-corrected chi connectivity index (χ3v) is 31.5. The molecule has 4 aliphatic rings. The van der Waals surface area contributed by atoms with Crippen LogP contribution in [-0.4, -0.2) is 138 Å². The second-order valence-corrected chi connectivity index (χ2v) is 53.6. The lowest BCUT2D eigenvalue weighted by atomic mass is 9.70. The molecular formula is C120H178N2O21S2. The minimum absolute atomic E-state index is 0.0112. The van der Waals surface area contributed by atoms with E-state index in [1.165, 1.54) is 24.8 Å². The molecule has 145 heavy (non-hydrogen) atoms. The Hall–Kier alpha value is -8.91. The Morgan fingerprint density at radius 2 is 0.855 bits per heavy atom. The van der Waals surface area contributed by atoms with Crippen molar-refractivity contribution in [2.24, 2.45) is 109 Å². The molecule has 0 amide bonds. The smallest absolute Gasteiger partial charge is 0.311 e. The summed E-state index contributed by atoms with van der Waals surface area (Å²) < 4.78 is 82.8. The number of rotatable bonds is 62. The molecule has 3 heterocycles. The van der Waals surface area contributed by atoms with E-state index in [9.17, 15) is 88.3 Å². The Bertz CT molecular complexity index is 5580. The van der Waals surface area contributed by atoms with Gasteiger partial charge < -0.3 is 19.3 Å². The van der Waals surface area contributed by atoms with Gasteiger partial charge in [0, 0.05) is 205 Å². The molecule has 0 aromatic heterocycles. The van der Waals surface area contributed by atoms with Crippen molar-refractivity contribution >= 4 is 107 Å². The van der Waals surface area contributed by atoms with E-state index in [0.29, 0.717) is 61.9 Å². The van der Waals surface area contributed by atoms with Gasteiger partial charge in [-0.05, 0) is 193 Å². The SMILES string of the molecule is CCN1C2=C(CC3=C(/C=C/C=C/C=C4\N(CCCS(=O)(=O)O)c5ccc(S(=O)(=O)O)cc5C4(C)CCCC(=O)CC(CC(C)C)C(=O)CC(C)(C)C(=O)CC(CC(C)C)C(=O)CC(C)(C)C(=O)CC(CC(C)C)C(=O)CC(C)(C)C(=O)CC(CC(C)C)C(=O)CC(C)(C)C(=O)CC(CC(C)C)C(=O)CC(C)(C)C(=O)CC(CC(C)C)C(=O)CC(C)(C)C(=O)OC)C=C(C(C)(C)C)OC3=C2)C(c2ccccc2)=CC1(C)C. The number of hydrogen-bond donors (Lipinski definition) is 2. The van der Waals surface area contributed by atoms with E-state index in [0.717, 1.165) is 46.0 Å². The number of Topliss-reactive ketones (excluding diaryl/α,β-unsaturated/α-hetero) is 12. The number of ketones is 12. The van der Waals surface area contributed by atoms with Gasteiger partial charge >= 0.3 is 5.97 Å². The van der Waals surface area contributed by atoms with Crippen LogP contribution in [0.1, 0.15) is 373 Å². The maximum atomic E-state index is 14.9. The van der Waals surface area contributed by atoms with E-state index < -0.39 is 105 Å². The number of likely N-dealkylation sites (N-methyl/N-ethyl adjacent to an activating group) is 1. The summed E-state index contributed by atoms with van der Waals surface area (Å²) in [5.41, 5.74) is -1.08. The standard InChI is InChI=1S/C120H178N2O21S2/c1-33-122-96-67-103-91(66-92(96)93(68-119(122,29)30)81-42-36-34-37-43-81)82(64-110(143-103)112(14,15)16)44-38-35-39-46-104-120(31,94-65-90(145(139,140)141)47-48-95(94)121(104)50-41-51-144(136,137)138)49-40-45-89(123)58-83(52-75(2)3)97(124)69-113(17,18)105(130)59-84(53-76(4)5)98(125)70-114(19,20)106(131)60-85(54-77(6)7)99(126)71-115(21,22)107(132)61-86(55-78(8)9)100(127)72-116(23,24)108(133)62-87(56-79(10)11)101(128)73-117(25,26)109(134)63-88(57-80(12)13)102(129)74-118(27,28)111(135)142-32/h34-39,42-44,46-48,64-65,67-68,75-80,83-88H,33,40-41,45,49-63,66,69-74H2,1-32H3,(H,136,137,138)(H,139,140,141)/b39-35+,44-38+,104-46-. The minimum Gasteiger partial charge on any atom is -0.469 e. The number of carbonyl (C=O) groups excluding carboxylic acids is 13. The number of carbonyl (C=O) groups is 13. The summed E-state index contributed by atoms with van der Waals surface area (Å²) in [4.78, 5) is 192. The highest BCUT2D eigenvalue weighted by molar-refractivity contribution is 7.86. The van der Waals surface area contributed by atoms with Gasteiger partial charge in [-0.25, -0.2) is 0 Å². The topological polar surface area (TPSA) is 356 Å². The predicted molar refractivity (Wildman–Crippen MR) is 576 cm³/mol. The lowest BCUT2D eigenvalue weighted by Crippen LogP contribution is -2.44. The summed E-state index contributed by atoms with van der Waals surface area (Å²) >= 11 is 0. The Morgan fingerprint density at radius 3 is 1.21 bits per heavy atom. The van der Waals surface area contributed by atoms with Crippen LogP contribution in [0, 0.1) is 109 Å². The molecule has 0 saturated heterocycles. The highest BCUT2D eigenvalue weighted by atomic mass is 32.2. The maximum absolute atomic E-state index is 14.9.